The molecule has 5 nitrogen and oxygen atoms in total. The minimum atomic E-state index is -0.264. The van der Waals surface area contributed by atoms with E-state index in [4.69, 9.17) is 4.74 Å². The van der Waals surface area contributed by atoms with E-state index >= 15 is 0 Å². The van der Waals surface area contributed by atoms with Crippen molar-refractivity contribution in [1.29, 1.82) is 0 Å². The molecule has 0 atom stereocenters. The third-order valence-electron chi connectivity index (χ3n) is 3.13. The molecule has 0 bridgehead atoms. The zero-order valence-corrected chi connectivity index (χ0v) is 12.0. The van der Waals surface area contributed by atoms with Gasteiger partial charge in [0, 0.05) is 19.2 Å². The monoisotopic (exact) mass is 278 g/mol. The molecule has 1 heterocycles. The molecule has 0 aliphatic heterocycles. The Morgan fingerprint density at radius 2 is 2.15 bits per heavy atom. The summed E-state index contributed by atoms with van der Waals surface area (Å²) >= 11 is 0. The largest absolute Gasteiger partial charge is 0.485 e. The summed E-state index contributed by atoms with van der Waals surface area (Å²) in [4.78, 5) is 0. The Morgan fingerprint density at radius 3 is 2.80 bits per heavy atom. The first-order chi connectivity index (χ1) is 9.61. The molecule has 0 amide bonds. The predicted molar refractivity (Wildman–Crippen MR) is 73.9 cm³/mol. The summed E-state index contributed by atoms with van der Waals surface area (Å²) in [6.07, 6.45) is 0. The van der Waals surface area contributed by atoms with Gasteiger partial charge in [-0.3, -0.25) is 0 Å². The summed E-state index contributed by atoms with van der Waals surface area (Å²) in [7, 11) is 1.89. The first-order valence-electron chi connectivity index (χ1n) is 6.58. The highest BCUT2D eigenvalue weighted by Gasteiger charge is 2.09. The van der Waals surface area contributed by atoms with Gasteiger partial charge in [-0.2, -0.15) is 0 Å². The van der Waals surface area contributed by atoms with Gasteiger partial charge >= 0.3 is 0 Å². The van der Waals surface area contributed by atoms with Gasteiger partial charge in [0.25, 0.3) is 0 Å². The van der Waals surface area contributed by atoms with Crippen molar-refractivity contribution >= 4 is 0 Å². The van der Waals surface area contributed by atoms with Gasteiger partial charge < -0.3 is 14.6 Å². The number of aryl methyl sites for hydroxylation is 1. The van der Waals surface area contributed by atoms with E-state index in [0.717, 1.165) is 23.8 Å². The molecule has 0 aliphatic carbocycles. The molecule has 0 unspecified atom stereocenters. The number of hydrogen-bond donors (Lipinski definition) is 1. The van der Waals surface area contributed by atoms with E-state index in [9.17, 15) is 4.39 Å². The summed E-state index contributed by atoms with van der Waals surface area (Å²) in [5.74, 6) is 1.96. The molecule has 0 saturated carbocycles. The maximum Gasteiger partial charge on any atom is 0.170 e. The number of nitrogens with zero attached hydrogens (tertiary/aromatic N) is 3. The topological polar surface area (TPSA) is 52.0 Å². The number of benzene rings is 1. The van der Waals surface area contributed by atoms with Crippen molar-refractivity contribution in [2.75, 3.05) is 6.54 Å². The minimum Gasteiger partial charge on any atom is -0.485 e. The van der Waals surface area contributed by atoms with Crippen LogP contribution in [-0.4, -0.2) is 21.3 Å². The quantitative estimate of drug-likeness (QED) is 0.877. The van der Waals surface area contributed by atoms with Crippen LogP contribution in [0.1, 0.15) is 24.1 Å². The van der Waals surface area contributed by atoms with E-state index in [2.05, 4.69) is 15.5 Å². The SMILES string of the molecule is CCNCc1cc(F)ccc1OCc1nnc(C)n1C. The van der Waals surface area contributed by atoms with E-state index < -0.39 is 0 Å². The number of rotatable bonds is 6. The lowest BCUT2D eigenvalue weighted by atomic mass is 10.2. The van der Waals surface area contributed by atoms with E-state index in [-0.39, 0.29) is 5.82 Å². The van der Waals surface area contributed by atoms with Crippen LogP contribution in [0.3, 0.4) is 0 Å². The van der Waals surface area contributed by atoms with Crippen molar-refractivity contribution in [2.45, 2.75) is 27.0 Å². The van der Waals surface area contributed by atoms with Gasteiger partial charge in [0.05, 0.1) is 0 Å². The first kappa shape index (κ1) is 14.5. The highest BCUT2D eigenvalue weighted by atomic mass is 19.1. The lowest BCUT2D eigenvalue weighted by Gasteiger charge is -2.11. The van der Waals surface area contributed by atoms with Gasteiger partial charge in [-0.1, -0.05) is 6.92 Å². The van der Waals surface area contributed by atoms with Crippen molar-refractivity contribution in [2.24, 2.45) is 7.05 Å². The minimum absolute atomic E-state index is 0.264. The summed E-state index contributed by atoms with van der Waals surface area (Å²) in [5, 5.41) is 11.2. The van der Waals surface area contributed by atoms with Gasteiger partial charge in [0.15, 0.2) is 5.82 Å². The second-order valence-corrected chi connectivity index (χ2v) is 4.54. The van der Waals surface area contributed by atoms with Crippen LogP contribution in [0.15, 0.2) is 18.2 Å². The maximum atomic E-state index is 13.3. The molecule has 0 spiro atoms. The number of ether oxygens (including phenoxy) is 1. The summed E-state index contributed by atoms with van der Waals surface area (Å²) in [6.45, 7) is 5.58. The number of nitrogens with one attached hydrogen (secondary N) is 1. The Labute approximate surface area is 117 Å². The van der Waals surface area contributed by atoms with Gasteiger partial charge in [0.2, 0.25) is 0 Å². The molecule has 1 aromatic carbocycles. The van der Waals surface area contributed by atoms with Crippen LogP contribution in [-0.2, 0) is 20.2 Å². The molecule has 0 fully saturated rings. The van der Waals surface area contributed by atoms with Gasteiger partial charge in [0.1, 0.15) is 24.0 Å². The van der Waals surface area contributed by atoms with Crippen molar-refractivity contribution < 1.29 is 9.13 Å². The zero-order valence-electron chi connectivity index (χ0n) is 12.0. The zero-order chi connectivity index (χ0) is 14.5. The second kappa shape index (κ2) is 6.47. The Balaban J connectivity index is 2.10. The summed E-state index contributed by atoms with van der Waals surface area (Å²) < 4.78 is 20.9. The Morgan fingerprint density at radius 1 is 1.35 bits per heavy atom. The molecule has 20 heavy (non-hydrogen) atoms. The van der Waals surface area contributed by atoms with Gasteiger partial charge in [-0.15, -0.1) is 10.2 Å². The third-order valence-corrected chi connectivity index (χ3v) is 3.13. The number of aromatic nitrogens is 3. The third kappa shape index (κ3) is 3.33. The van der Waals surface area contributed by atoms with Crippen molar-refractivity contribution in [3.05, 3.63) is 41.2 Å². The Bertz CT molecular complexity index is 583. The highest BCUT2D eigenvalue weighted by Crippen LogP contribution is 2.20. The Hall–Kier alpha value is -1.95. The van der Waals surface area contributed by atoms with Crippen LogP contribution in [0.4, 0.5) is 4.39 Å². The van der Waals surface area contributed by atoms with Crippen LogP contribution in [0.5, 0.6) is 5.75 Å². The van der Waals surface area contributed by atoms with Crippen molar-refractivity contribution in [3.8, 4) is 5.75 Å². The fraction of sp³-hybridized carbons (Fsp3) is 0.429. The fourth-order valence-electron chi connectivity index (χ4n) is 1.81. The van der Waals surface area contributed by atoms with Crippen LogP contribution >= 0.6 is 0 Å². The van der Waals surface area contributed by atoms with Gasteiger partial charge in [-0.25, -0.2) is 4.39 Å². The fourth-order valence-corrected chi connectivity index (χ4v) is 1.81. The normalized spacial score (nSPS) is 10.8. The molecule has 0 radical (unpaired) electrons. The molecule has 0 saturated heterocycles. The standard InChI is InChI=1S/C14H19FN4O/c1-4-16-8-11-7-12(15)5-6-13(11)20-9-14-18-17-10(2)19(14)3/h5-7,16H,4,8-9H2,1-3H3. The smallest absolute Gasteiger partial charge is 0.170 e. The summed E-state index contributed by atoms with van der Waals surface area (Å²) in [6, 6.07) is 4.53. The lowest BCUT2D eigenvalue weighted by molar-refractivity contribution is 0.287. The van der Waals surface area contributed by atoms with Crippen molar-refractivity contribution in [1.82, 2.24) is 20.1 Å². The molecule has 1 aromatic heterocycles. The average molecular weight is 278 g/mol. The Kier molecular flexibility index (Phi) is 4.68. The van der Waals surface area contributed by atoms with Crippen LogP contribution in [0.2, 0.25) is 0 Å². The lowest BCUT2D eigenvalue weighted by Crippen LogP contribution is -2.13. The van der Waals surface area contributed by atoms with E-state index in [1.165, 1.54) is 12.1 Å². The first-order valence-corrected chi connectivity index (χ1v) is 6.58. The number of hydrogen-bond acceptors (Lipinski definition) is 4. The molecule has 2 aromatic rings. The molecular weight excluding hydrogens is 259 g/mol. The molecule has 1 N–H and O–H groups in total. The molecule has 0 aliphatic rings. The van der Waals surface area contributed by atoms with E-state index in [1.54, 1.807) is 6.07 Å². The van der Waals surface area contributed by atoms with Crippen LogP contribution in [0, 0.1) is 12.7 Å². The highest BCUT2D eigenvalue weighted by molar-refractivity contribution is 5.34. The van der Waals surface area contributed by atoms with Crippen LogP contribution in [0.25, 0.3) is 0 Å². The molecular formula is C14H19FN4O. The van der Waals surface area contributed by atoms with Crippen molar-refractivity contribution in [3.63, 3.8) is 0 Å². The predicted octanol–water partition coefficient (Wildman–Crippen LogP) is 1.95. The average Bonchev–Trinajstić information content (AvgIpc) is 2.75. The van der Waals surface area contributed by atoms with Gasteiger partial charge in [-0.05, 0) is 31.7 Å². The molecule has 2 rings (SSSR count). The van der Waals surface area contributed by atoms with E-state index in [1.807, 2.05) is 25.5 Å². The van der Waals surface area contributed by atoms with E-state index in [0.29, 0.717) is 18.9 Å². The number of halogens is 1. The molecule has 108 valence electrons. The second-order valence-electron chi connectivity index (χ2n) is 4.54. The summed E-state index contributed by atoms with van der Waals surface area (Å²) in [5.41, 5.74) is 0.797. The maximum absolute atomic E-state index is 13.3. The molecule has 6 heteroatoms. The van der Waals surface area contributed by atoms with Crippen LogP contribution < -0.4 is 10.1 Å².